The number of carbonyl (C=O) groups is 2. The van der Waals surface area contributed by atoms with Gasteiger partial charge in [0.05, 0.1) is 5.92 Å². The van der Waals surface area contributed by atoms with Crippen LogP contribution in [-0.4, -0.2) is 82.5 Å². The largest absolute Gasteiger partial charge is 0.459 e. The number of nitrogens with zero attached hydrogens (tertiary/aromatic N) is 3. The molecule has 236 valence electrons. The average Bonchev–Trinajstić information content (AvgIpc) is 3.34. The summed E-state index contributed by atoms with van der Waals surface area (Å²) in [4.78, 5) is 33.8. The molecule has 2 aromatic rings. The summed E-state index contributed by atoms with van der Waals surface area (Å²) in [5.74, 6) is -1.79. The molecule has 43 heavy (non-hydrogen) atoms. The fourth-order valence-corrected chi connectivity index (χ4v) is 6.41. The van der Waals surface area contributed by atoms with Gasteiger partial charge in [0.1, 0.15) is 23.3 Å². The lowest BCUT2D eigenvalue weighted by atomic mass is 9.87. The van der Waals surface area contributed by atoms with Crippen molar-refractivity contribution in [3.63, 3.8) is 0 Å². The first kappa shape index (κ1) is 33.3. The van der Waals surface area contributed by atoms with Gasteiger partial charge in [0.25, 0.3) is 0 Å². The van der Waals surface area contributed by atoms with E-state index in [1.165, 1.54) is 12.1 Å². The highest BCUT2D eigenvalue weighted by Gasteiger charge is 2.46. The molecule has 2 aliphatic rings. The van der Waals surface area contributed by atoms with E-state index in [1.807, 2.05) is 43.6 Å². The number of likely N-dealkylation sites (tertiary alicyclic amines) is 1. The van der Waals surface area contributed by atoms with Crippen molar-refractivity contribution in [1.82, 2.24) is 14.7 Å². The number of rotatable bonds is 6. The minimum Gasteiger partial charge on any atom is -0.459 e. The minimum absolute atomic E-state index is 0.00678. The first-order chi connectivity index (χ1) is 19.9. The number of piperazine rings is 1. The lowest BCUT2D eigenvalue weighted by Crippen LogP contribution is -2.60. The third-order valence-electron chi connectivity index (χ3n) is 8.67. The maximum Gasteiger partial charge on any atom is 0.324 e. The van der Waals surface area contributed by atoms with Gasteiger partial charge in [-0.2, -0.15) is 0 Å². The molecule has 4 rings (SSSR count). The monoisotopic (exact) mass is 617 g/mol. The van der Waals surface area contributed by atoms with Crippen LogP contribution >= 0.6 is 11.6 Å². The van der Waals surface area contributed by atoms with E-state index in [-0.39, 0.29) is 35.2 Å². The summed E-state index contributed by atoms with van der Waals surface area (Å²) in [5, 5.41) is 0.326. The second-order valence-electron chi connectivity index (χ2n) is 14.2. The SMILES string of the molecule is Cc1ccc(C[C@@H](C(=O)OC(C)(C)C)N2CCN(C(=O)[C@@H]3CN(C(C)(C)C)C[C@H]3c3ccc(Cl)cc3F)[C@@H](C)C2)cc1F. The lowest BCUT2D eigenvalue weighted by molar-refractivity contribution is -0.163. The molecule has 4 atom stereocenters. The summed E-state index contributed by atoms with van der Waals surface area (Å²) in [6.07, 6.45) is 0.299. The van der Waals surface area contributed by atoms with Crippen LogP contribution in [0.2, 0.25) is 5.02 Å². The Morgan fingerprint density at radius 1 is 0.977 bits per heavy atom. The predicted octanol–water partition coefficient (Wildman–Crippen LogP) is 6.23. The first-order valence-corrected chi connectivity index (χ1v) is 15.5. The van der Waals surface area contributed by atoms with E-state index in [0.29, 0.717) is 60.9 Å². The standard InChI is InChI=1S/C34H46ClF2N3O3/c1-21-9-10-23(15-28(21)36)16-30(32(42)43-34(6,7)8)38-13-14-40(22(2)18-38)31(41)27-20-39(33(3,4)5)19-26(27)25-12-11-24(35)17-29(25)37/h9-12,15,17,22,26-27,30H,13-14,16,18-20H2,1-8H3/t22-,26-,27+,30-/m0/s1. The predicted molar refractivity (Wildman–Crippen MR) is 166 cm³/mol. The summed E-state index contributed by atoms with van der Waals surface area (Å²) in [6, 6.07) is 8.92. The summed E-state index contributed by atoms with van der Waals surface area (Å²) < 4.78 is 35.3. The Hall–Kier alpha value is -2.55. The van der Waals surface area contributed by atoms with Crippen LogP contribution in [0.1, 0.15) is 71.1 Å². The maximum atomic E-state index is 15.1. The zero-order valence-corrected chi connectivity index (χ0v) is 27.5. The number of esters is 1. The van der Waals surface area contributed by atoms with E-state index in [0.717, 1.165) is 0 Å². The van der Waals surface area contributed by atoms with Crippen molar-refractivity contribution >= 4 is 23.5 Å². The third-order valence-corrected chi connectivity index (χ3v) is 8.91. The fraction of sp³-hybridized carbons (Fsp3) is 0.588. The molecule has 2 fully saturated rings. The quantitative estimate of drug-likeness (QED) is 0.360. The summed E-state index contributed by atoms with van der Waals surface area (Å²) in [7, 11) is 0. The zero-order chi connectivity index (χ0) is 31.9. The molecule has 0 bridgehead atoms. The van der Waals surface area contributed by atoms with E-state index < -0.39 is 23.4 Å². The van der Waals surface area contributed by atoms with Crippen LogP contribution in [-0.2, 0) is 20.7 Å². The lowest BCUT2D eigenvalue weighted by Gasteiger charge is -2.44. The number of ether oxygens (including phenoxy) is 1. The molecular weight excluding hydrogens is 572 g/mol. The van der Waals surface area contributed by atoms with E-state index in [1.54, 1.807) is 25.1 Å². The first-order valence-electron chi connectivity index (χ1n) is 15.2. The Morgan fingerprint density at radius 2 is 1.67 bits per heavy atom. The van der Waals surface area contributed by atoms with Gasteiger partial charge < -0.3 is 9.64 Å². The second kappa shape index (κ2) is 12.8. The smallest absolute Gasteiger partial charge is 0.324 e. The van der Waals surface area contributed by atoms with Crippen molar-refractivity contribution in [1.29, 1.82) is 0 Å². The van der Waals surface area contributed by atoms with Crippen LogP contribution in [0.15, 0.2) is 36.4 Å². The van der Waals surface area contributed by atoms with Crippen molar-refractivity contribution in [3.05, 3.63) is 69.7 Å². The molecule has 2 heterocycles. The number of amides is 1. The highest BCUT2D eigenvalue weighted by atomic mass is 35.5. The van der Waals surface area contributed by atoms with Crippen molar-refractivity contribution < 1.29 is 23.1 Å². The molecule has 0 spiro atoms. The molecule has 0 N–H and O–H groups in total. The molecule has 0 aromatic heterocycles. The number of hydrogen-bond acceptors (Lipinski definition) is 5. The number of carbonyl (C=O) groups excluding carboxylic acids is 2. The van der Waals surface area contributed by atoms with E-state index in [9.17, 15) is 14.0 Å². The molecule has 0 unspecified atom stereocenters. The molecule has 0 aliphatic carbocycles. The Bertz CT molecular complexity index is 1340. The van der Waals surface area contributed by atoms with Crippen LogP contribution in [0.5, 0.6) is 0 Å². The van der Waals surface area contributed by atoms with Crippen molar-refractivity contribution in [3.8, 4) is 0 Å². The molecule has 0 saturated carbocycles. The number of hydrogen-bond donors (Lipinski definition) is 0. The molecule has 6 nitrogen and oxygen atoms in total. The molecule has 1 amide bonds. The minimum atomic E-state index is -0.676. The Morgan fingerprint density at radius 3 is 2.26 bits per heavy atom. The van der Waals surface area contributed by atoms with Gasteiger partial charge in [0, 0.05) is 55.2 Å². The van der Waals surface area contributed by atoms with Gasteiger partial charge in [-0.1, -0.05) is 29.8 Å². The van der Waals surface area contributed by atoms with Crippen molar-refractivity contribution in [2.24, 2.45) is 5.92 Å². The van der Waals surface area contributed by atoms with Gasteiger partial charge in [-0.3, -0.25) is 19.4 Å². The van der Waals surface area contributed by atoms with Crippen LogP contribution in [0.4, 0.5) is 8.78 Å². The summed E-state index contributed by atoms with van der Waals surface area (Å²) in [5.41, 5.74) is 0.913. The fourth-order valence-electron chi connectivity index (χ4n) is 6.25. The van der Waals surface area contributed by atoms with Crippen LogP contribution in [0, 0.1) is 24.5 Å². The van der Waals surface area contributed by atoms with E-state index in [2.05, 4.69) is 25.7 Å². The van der Waals surface area contributed by atoms with E-state index in [4.69, 9.17) is 16.3 Å². The average molecular weight is 618 g/mol. The molecule has 9 heteroatoms. The van der Waals surface area contributed by atoms with Gasteiger partial charge in [-0.25, -0.2) is 8.78 Å². The summed E-state index contributed by atoms with van der Waals surface area (Å²) >= 11 is 6.05. The molecular formula is C34H46ClF2N3O3. The number of halogens is 3. The van der Waals surface area contributed by atoms with Gasteiger partial charge in [-0.15, -0.1) is 0 Å². The van der Waals surface area contributed by atoms with Gasteiger partial charge >= 0.3 is 5.97 Å². The maximum absolute atomic E-state index is 15.1. The van der Waals surface area contributed by atoms with Gasteiger partial charge in [-0.05, 0) is 96.7 Å². The Balaban J connectivity index is 1.55. The normalized spacial score (nSPS) is 23.0. The Kier molecular flexibility index (Phi) is 9.94. The zero-order valence-electron chi connectivity index (χ0n) is 26.7. The molecule has 2 aliphatic heterocycles. The number of aryl methyl sites for hydroxylation is 1. The molecule has 2 aromatic carbocycles. The highest BCUT2D eigenvalue weighted by Crippen LogP contribution is 2.39. The number of benzene rings is 2. The van der Waals surface area contributed by atoms with E-state index >= 15 is 4.39 Å². The van der Waals surface area contributed by atoms with Crippen LogP contribution in [0.25, 0.3) is 0 Å². The topological polar surface area (TPSA) is 53.1 Å². The second-order valence-corrected chi connectivity index (χ2v) is 14.6. The van der Waals surface area contributed by atoms with Crippen molar-refractivity contribution in [2.75, 3.05) is 32.7 Å². The summed E-state index contributed by atoms with van der Waals surface area (Å²) in [6.45, 7) is 17.9. The van der Waals surface area contributed by atoms with Gasteiger partial charge in [0.2, 0.25) is 5.91 Å². The third kappa shape index (κ3) is 7.95. The Labute approximate surface area is 260 Å². The van der Waals surface area contributed by atoms with Crippen LogP contribution < -0.4 is 0 Å². The molecule has 2 saturated heterocycles. The van der Waals surface area contributed by atoms with Crippen LogP contribution in [0.3, 0.4) is 0 Å². The highest BCUT2D eigenvalue weighted by molar-refractivity contribution is 6.30. The van der Waals surface area contributed by atoms with Gasteiger partial charge in [0.15, 0.2) is 0 Å². The van der Waals surface area contributed by atoms with Crippen molar-refractivity contribution in [2.45, 2.75) is 91.0 Å². The molecule has 0 radical (unpaired) electrons.